The second-order valence-electron chi connectivity index (χ2n) is 6.47. The minimum atomic E-state index is -0.310. The summed E-state index contributed by atoms with van der Waals surface area (Å²) in [5, 5.41) is 13.1. The van der Waals surface area contributed by atoms with Crippen LogP contribution in [-0.4, -0.2) is 48.8 Å². The molecule has 2 aliphatic rings. The van der Waals surface area contributed by atoms with E-state index in [1.165, 1.54) is 6.42 Å². The second-order valence-corrected chi connectivity index (χ2v) is 6.47. The molecule has 4 nitrogen and oxygen atoms in total. The lowest BCUT2D eigenvalue weighted by molar-refractivity contribution is 0.0489. The molecule has 0 radical (unpaired) electrons. The van der Waals surface area contributed by atoms with Crippen LogP contribution in [-0.2, 0) is 4.74 Å². The van der Waals surface area contributed by atoms with Crippen LogP contribution in [0.15, 0.2) is 0 Å². The molecule has 114 valence electrons. The van der Waals surface area contributed by atoms with Gasteiger partial charge >= 0.3 is 0 Å². The summed E-state index contributed by atoms with van der Waals surface area (Å²) in [5.74, 6) is 0. The molecule has 1 heterocycles. The van der Waals surface area contributed by atoms with E-state index < -0.39 is 0 Å². The van der Waals surface area contributed by atoms with E-state index in [2.05, 4.69) is 37.2 Å². The Morgan fingerprint density at radius 3 is 2.85 bits per heavy atom. The van der Waals surface area contributed by atoms with Gasteiger partial charge in [0, 0.05) is 18.7 Å². The van der Waals surface area contributed by atoms with E-state index in [4.69, 9.17) is 4.74 Å². The van der Waals surface area contributed by atoms with Crippen molar-refractivity contribution in [3.05, 3.63) is 0 Å². The van der Waals surface area contributed by atoms with Crippen LogP contribution < -0.4 is 5.32 Å². The number of hydrogen-bond acceptors (Lipinski definition) is 4. The first kappa shape index (κ1) is 15.8. The Morgan fingerprint density at radius 2 is 2.25 bits per heavy atom. The highest BCUT2D eigenvalue weighted by atomic mass is 16.5. The molecule has 2 fully saturated rings. The summed E-state index contributed by atoms with van der Waals surface area (Å²) in [6.07, 6.45) is 6.81. The predicted octanol–water partition coefficient (Wildman–Crippen LogP) is 2.30. The largest absolute Gasteiger partial charge is 0.377 e. The summed E-state index contributed by atoms with van der Waals surface area (Å²) < 4.78 is 5.70. The van der Waals surface area contributed by atoms with Crippen LogP contribution in [0.1, 0.15) is 52.4 Å². The first-order valence-electron chi connectivity index (χ1n) is 8.11. The van der Waals surface area contributed by atoms with Gasteiger partial charge in [0.2, 0.25) is 0 Å². The quantitative estimate of drug-likeness (QED) is 0.839. The standard InChI is InChI=1S/C16H29N3O/c1-4-9-18-16(12-17)8-5-6-14(11-16)19(3)15-7-10-20-13(15)2/h13-15,18H,4-11H2,1-3H3. The highest BCUT2D eigenvalue weighted by Gasteiger charge is 2.40. The van der Waals surface area contributed by atoms with Crippen molar-refractivity contribution in [3.8, 4) is 6.07 Å². The van der Waals surface area contributed by atoms with Gasteiger partial charge in [0.15, 0.2) is 0 Å². The number of rotatable bonds is 5. The zero-order valence-electron chi connectivity index (χ0n) is 13.2. The lowest BCUT2D eigenvalue weighted by Gasteiger charge is -2.43. The van der Waals surface area contributed by atoms with Gasteiger partial charge in [0.05, 0.1) is 12.2 Å². The van der Waals surface area contributed by atoms with Gasteiger partial charge in [-0.1, -0.05) is 6.92 Å². The molecule has 4 heteroatoms. The van der Waals surface area contributed by atoms with Crippen molar-refractivity contribution in [2.24, 2.45) is 0 Å². The summed E-state index contributed by atoms with van der Waals surface area (Å²) in [4.78, 5) is 2.48. The van der Waals surface area contributed by atoms with Gasteiger partial charge in [0.1, 0.15) is 5.54 Å². The number of hydrogen-bond donors (Lipinski definition) is 1. The Hall–Kier alpha value is -0.630. The molecule has 1 N–H and O–H groups in total. The molecular weight excluding hydrogens is 250 g/mol. The third-order valence-electron chi connectivity index (χ3n) is 5.09. The van der Waals surface area contributed by atoms with Crippen LogP contribution in [0.4, 0.5) is 0 Å². The topological polar surface area (TPSA) is 48.3 Å². The fraction of sp³-hybridized carbons (Fsp3) is 0.938. The van der Waals surface area contributed by atoms with Crippen LogP contribution in [0.5, 0.6) is 0 Å². The Balaban J connectivity index is 2.00. The van der Waals surface area contributed by atoms with Crippen LogP contribution in [0.3, 0.4) is 0 Å². The van der Waals surface area contributed by atoms with Crippen molar-refractivity contribution >= 4 is 0 Å². The maximum atomic E-state index is 9.63. The summed E-state index contributed by atoms with van der Waals surface area (Å²) in [6.45, 7) is 6.14. The molecular formula is C16H29N3O. The summed E-state index contributed by atoms with van der Waals surface area (Å²) in [5.41, 5.74) is -0.310. The van der Waals surface area contributed by atoms with Crippen molar-refractivity contribution in [1.82, 2.24) is 10.2 Å². The summed E-state index contributed by atoms with van der Waals surface area (Å²) in [7, 11) is 2.22. The molecule has 20 heavy (non-hydrogen) atoms. The van der Waals surface area contributed by atoms with Gasteiger partial charge in [-0.2, -0.15) is 5.26 Å². The fourth-order valence-corrected chi connectivity index (χ4v) is 3.79. The predicted molar refractivity (Wildman–Crippen MR) is 80.5 cm³/mol. The summed E-state index contributed by atoms with van der Waals surface area (Å²) in [6, 6.07) is 3.59. The number of nitrogens with zero attached hydrogens (tertiary/aromatic N) is 2. The van der Waals surface area contributed by atoms with E-state index in [-0.39, 0.29) is 5.54 Å². The zero-order chi connectivity index (χ0) is 14.6. The van der Waals surface area contributed by atoms with Crippen molar-refractivity contribution < 1.29 is 4.74 Å². The average molecular weight is 279 g/mol. The van der Waals surface area contributed by atoms with Crippen LogP contribution in [0, 0.1) is 11.3 Å². The van der Waals surface area contributed by atoms with Gasteiger partial charge in [-0.05, 0) is 59.0 Å². The van der Waals surface area contributed by atoms with E-state index in [1.807, 2.05) is 0 Å². The Bertz CT molecular complexity index is 354. The lowest BCUT2D eigenvalue weighted by Crippen LogP contribution is -2.54. The number of ether oxygens (including phenoxy) is 1. The van der Waals surface area contributed by atoms with E-state index in [9.17, 15) is 5.26 Å². The summed E-state index contributed by atoms with van der Waals surface area (Å²) >= 11 is 0. The minimum absolute atomic E-state index is 0.310. The van der Waals surface area contributed by atoms with Crippen molar-refractivity contribution in [3.63, 3.8) is 0 Å². The lowest BCUT2D eigenvalue weighted by atomic mass is 9.79. The molecule has 1 saturated carbocycles. The van der Waals surface area contributed by atoms with E-state index in [0.29, 0.717) is 18.2 Å². The van der Waals surface area contributed by atoms with Gasteiger partial charge < -0.3 is 4.74 Å². The monoisotopic (exact) mass is 279 g/mol. The fourth-order valence-electron chi connectivity index (χ4n) is 3.79. The SMILES string of the molecule is CCCNC1(C#N)CCCC(N(C)C2CCOC2C)C1. The molecule has 0 aromatic carbocycles. The van der Waals surface area contributed by atoms with Crippen molar-refractivity contribution in [1.29, 1.82) is 5.26 Å². The highest BCUT2D eigenvalue weighted by Crippen LogP contribution is 2.33. The Labute approximate surface area is 123 Å². The molecule has 0 spiro atoms. The molecule has 0 bridgehead atoms. The third-order valence-corrected chi connectivity index (χ3v) is 5.09. The Morgan fingerprint density at radius 1 is 1.45 bits per heavy atom. The third kappa shape index (κ3) is 3.33. The van der Waals surface area contributed by atoms with Crippen molar-refractivity contribution in [2.45, 2.75) is 76.1 Å². The molecule has 1 saturated heterocycles. The molecule has 2 rings (SSSR count). The van der Waals surface area contributed by atoms with Gasteiger partial charge in [-0.15, -0.1) is 0 Å². The van der Waals surface area contributed by atoms with Crippen molar-refractivity contribution in [2.75, 3.05) is 20.2 Å². The highest BCUT2D eigenvalue weighted by molar-refractivity contribution is 5.11. The number of nitrogens with one attached hydrogen (secondary N) is 1. The molecule has 1 aliphatic carbocycles. The van der Waals surface area contributed by atoms with Gasteiger partial charge in [-0.3, -0.25) is 10.2 Å². The normalized spacial score (nSPS) is 38.0. The van der Waals surface area contributed by atoms with E-state index in [0.717, 1.165) is 45.3 Å². The number of likely N-dealkylation sites (N-methyl/N-ethyl adjacent to an activating group) is 1. The first-order valence-corrected chi connectivity index (χ1v) is 8.11. The second kappa shape index (κ2) is 6.89. The Kier molecular flexibility index (Phi) is 5.42. The van der Waals surface area contributed by atoms with E-state index >= 15 is 0 Å². The molecule has 0 amide bonds. The maximum absolute atomic E-state index is 9.63. The first-order chi connectivity index (χ1) is 9.62. The maximum Gasteiger partial charge on any atom is 0.108 e. The molecule has 0 aromatic rings. The average Bonchev–Trinajstić information content (AvgIpc) is 2.90. The van der Waals surface area contributed by atoms with Crippen LogP contribution in [0.25, 0.3) is 0 Å². The smallest absolute Gasteiger partial charge is 0.108 e. The zero-order valence-corrected chi connectivity index (χ0v) is 13.2. The van der Waals surface area contributed by atoms with Crippen LogP contribution >= 0.6 is 0 Å². The number of nitriles is 1. The molecule has 0 aromatic heterocycles. The molecule has 4 atom stereocenters. The van der Waals surface area contributed by atoms with Gasteiger partial charge in [-0.25, -0.2) is 0 Å². The van der Waals surface area contributed by atoms with Gasteiger partial charge in [0.25, 0.3) is 0 Å². The molecule has 1 aliphatic heterocycles. The van der Waals surface area contributed by atoms with Crippen LogP contribution in [0.2, 0.25) is 0 Å². The molecule has 4 unspecified atom stereocenters. The minimum Gasteiger partial charge on any atom is -0.377 e. The van der Waals surface area contributed by atoms with E-state index in [1.54, 1.807) is 0 Å².